The lowest BCUT2D eigenvalue weighted by Crippen LogP contribution is -2.36. The minimum atomic E-state index is -0.183. The van der Waals surface area contributed by atoms with Crippen LogP contribution in [0.4, 0.5) is 5.13 Å². The predicted molar refractivity (Wildman–Crippen MR) is 144 cm³/mol. The van der Waals surface area contributed by atoms with Gasteiger partial charge in [0.1, 0.15) is 5.75 Å². The van der Waals surface area contributed by atoms with Crippen molar-refractivity contribution in [2.24, 2.45) is 0 Å². The van der Waals surface area contributed by atoms with E-state index in [-0.39, 0.29) is 18.3 Å². The summed E-state index contributed by atoms with van der Waals surface area (Å²) in [7, 11) is 5.58. The van der Waals surface area contributed by atoms with Gasteiger partial charge in [-0.25, -0.2) is 4.98 Å². The van der Waals surface area contributed by atoms with Gasteiger partial charge in [-0.1, -0.05) is 11.3 Å². The molecule has 8 nitrogen and oxygen atoms in total. The number of anilines is 1. The van der Waals surface area contributed by atoms with Crippen LogP contribution in [-0.2, 0) is 0 Å². The molecule has 3 rings (SSSR count). The molecule has 35 heavy (non-hydrogen) atoms. The van der Waals surface area contributed by atoms with Crippen LogP contribution in [0.3, 0.4) is 0 Å². The van der Waals surface area contributed by atoms with Crippen molar-refractivity contribution < 1.29 is 23.7 Å². The zero-order chi connectivity index (χ0) is 24.7. The minimum Gasteiger partial charge on any atom is -0.497 e. The second-order valence-corrected chi connectivity index (χ2v) is 8.70. The van der Waals surface area contributed by atoms with E-state index in [1.807, 2.05) is 58.0 Å². The van der Waals surface area contributed by atoms with Crippen LogP contribution in [0.15, 0.2) is 30.3 Å². The van der Waals surface area contributed by atoms with Crippen molar-refractivity contribution >= 4 is 45.0 Å². The van der Waals surface area contributed by atoms with Crippen LogP contribution in [0.5, 0.6) is 23.0 Å². The van der Waals surface area contributed by atoms with Crippen molar-refractivity contribution in [3.63, 3.8) is 0 Å². The number of nitrogens with zero attached hydrogens (tertiary/aromatic N) is 3. The molecule has 0 aliphatic rings. The van der Waals surface area contributed by atoms with Crippen molar-refractivity contribution in [3.05, 3.63) is 35.9 Å². The first-order chi connectivity index (χ1) is 16.4. The summed E-state index contributed by atoms with van der Waals surface area (Å²) in [6.45, 7) is 8.17. The number of fused-ring (bicyclic) bond motifs is 1. The molecule has 1 heterocycles. The maximum absolute atomic E-state index is 13.8. The van der Waals surface area contributed by atoms with Gasteiger partial charge in [0.05, 0.1) is 37.1 Å². The molecule has 0 atom stereocenters. The SMILES string of the molecule is CCOc1cc(C(=O)N(CCN(C)C)c2nc3ccc(OC)cc3s2)cc(OCC)c1OCC.Cl. The zero-order valence-electron chi connectivity index (χ0n) is 21.1. The van der Waals surface area contributed by atoms with Crippen LogP contribution in [0, 0.1) is 0 Å². The molecule has 0 unspecified atom stereocenters. The van der Waals surface area contributed by atoms with Gasteiger partial charge in [-0.2, -0.15) is 0 Å². The molecule has 3 aromatic rings. The highest BCUT2D eigenvalue weighted by Gasteiger charge is 2.25. The van der Waals surface area contributed by atoms with Crippen molar-refractivity contribution in [1.82, 2.24) is 9.88 Å². The summed E-state index contributed by atoms with van der Waals surface area (Å²) in [6, 6.07) is 9.14. The predicted octanol–water partition coefficient (Wildman–Crippen LogP) is 5.13. The maximum atomic E-state index is 13.8. The molecule has 0 fully saturated rings. The molecular formula is C25H34ClN3O5S. The quantitative estimate of drug-likeness (QED) is 0.326. The van der Waals surface area contributed by atoms with Crippen LogP contribution in [0.1, 0.15) is 31.1 Å². The van der Waals surface area contributed by atoms with E-state index in [9.17, 15) is 4.79 Å². The van der Waals surface area contributed by atoms with E-state index in [0.717, 1.165) is 16.0 Å². The Hall–Kier alpha value is -2.75. The first kappa shape index (κ1) is 28.5. The average Bonchev–Trinajstić information content (AvgIpc) is 3.23. The monoisotopic (exact) mass is 523 g/mol. The first-order valence-corrected chi connectivity index (χ1v) is 12.2. The highest BCUT2D eigenvalue weighted by atomic mass is 35.5. The normalized spacial score (nSPS) is 10.7. The summed E-state index contributed by atoms with van der Waals surface area (Å²) < 4.78 is 23.7. The fourth-order valence-corrected chi connectivity index (χ4v) is 4.41. The van der Waals surface area contributed by atoms with Gasteiger partial charge in [-0.15, -0.1) is 12.4 Å². The molecule has 0 spiro atoms. The molecule has 1 aromatic heterocycles. The largest absolute Gasteiger partial charge is 0.497 e. The maximum Gasteiger partial charge on any atom is 0.260 e. The molecule has 0 N–H and O–H groups in total. The number of likely N-dealkylation sites (N-methyl/N-ethyl adjacent to an activating group) is 1. The van der Waals surface area contributed by atoms with Crippen molar-refractivity contribution in [2.45, 2.75) is 20.8 Å². The standard InChI is InChI=1S/C25H33N3O5S.ClH/c1-7-31-20-14-17(15-21(32-8-2)23(20)33-9-3)24(29)28(13-12-27(4)5)25-26-19-11-10-18(30-6)16-22(19)34-25;/h10-11,14-16H,7-9,12-13H2,1-6H3;1H. The number of benzene rings is 2. The number of methoxy groups -OCH3 is 1. The lowest BCUT2D eigenvalue weighted by atomic mass is 10.1. The Bertz CT molecular complexity index is 1090. The number of ether oxygens (including phenoxy) is 4. The molecule has 0 aliphatic heterocycles. The molecule has 192 valence electrons. The van der Waals surface area contributed by atoms with Gasteiger partial charge < -0.3 is 23.8 Å². The van der Waals surface area contributed by atoms with Crippen molar-refractivity contribution in [3.8, 4) is 23.0 Å². The highest BCUT2D eigenvalue weighted by Crippen LogP contribution is 2.40. The Morgan fingerprint density at radius 1 is 0.943 bits per heavy atom. The molecule has 0 radical (unpaired) electrons. The Morgan fingerprint density at radius 2 is 1.57 bits per heavy atom. The Morgan fingerprint density at radius 3 is 2.11 bits per heavy atom. The smallest absolute Gasteiger partial charge is 0.260 e. The number of carbonyl (C=O) groups is 1. The molecule has 0 bridgehead atoms. The van der Waals surface area contributed by atoms with Gasteiger partial charge in [0.25, 0.3) is 5.91 Å². The van der Waals surface area contributed by atoms with E-state index in [2.05, 4.69) is 0 Å². The van der Waals surface area contributed by atoms with Crippen LogP contribution in [-0.4, -0.2) is 69.9 Å². The van der Waals surface area contributed by atoms with E-state index in [1.165, 1.54) is 11.3 Å². The summed E-state index contributed by atoms with van der Waals surface area (Å²) in [5.74, 6) is 2.05. The van der Waals surface area contributed by atoms with Gasteiger partial charge in [0.15, 0.2) is 16.6 Å². The summed E-state index contributed by atoms with van der Waals surface area (Å²) in [6.07, 6.45) is 0. The number of amides is 1. The third kappa shape index (κ3) is 6.90. The molecule has 0 aliphatic carbocycles. The summed E-state index contributed by atoms with van der Waals surface area (Å²) in [4.78, 5) is 22.3. The Balaban J connectivity index is 0.00000432. The van der Waals surface area contributed by atoms with Gasteiger partial charge in [0, 0.05) is 18.7 Å². The third-order valence-electron chi connectivity index (χ3n) is 4.99. The topological polar surface area (TPSA) is 73.4 Å². The van der Waals surface area contributed by atoms with Gasteiger partial charge in [0.2, 0.25) is 5.75 Å². The second-order valence-electron chi connectivity index (χ2n) is 7.69. The molecule has 10 heteroatoms. The summed E-state index contributed by atoms with van der Waals surface area (Å²) in [5, 5.41) is 0.625. The molecule has 0 saturated heterocycles. The number of rotatable bonds is 12. The minimum absolute atomic E-state index is 0. The third-order valence-corrected chi connectivity index (χ3v) is 6.03. The lowest BCUT2D eigenvalue weighted by Gasteiger charge is -2.23. The fourth-order valence-electron chi connectivity index (χ4n) is 3.39. The van der Waals surface area contributed by atoms with E-state index >= 15 is 0 Å². The Kier molecular flexibility index (Phi) is 10.9. The first-order valence-electron chi connectivity index (χ1n) is 11.4. The van der Waals surface area contributed by atoms with Crippen molar-refractivity contribution in [1.29, 1.82) is 0 Å². The van der Waals surface area contributed by atoms with Gasteiger partial charge >= 0.3 is 0 Å². The Labute approximate surface area is 217 Å². The highest BCUT2D eigenvalue weighted by molar-refractivity contribution is 7.22. The van der Waals surface area contributed by atoms with Gasteiger partial charge in [-0.05, 0) is 65.2 Å². The van der Waals surface area contributed by atoms with Crippen LogP contribution < -0.4 is 23.8 Å². The van der Waals surface area contributed by atoms with Gasteiger partial charge in [-0.3, -0.25) is 9.69 Å². The number of thiazole rings is 1. The molecule has 0 saturated carbocycles. The number of carbonyl (C=O) groups excluding carboxylic acids is 1. The van der Waals surface area contributed by atoms with E-state index in [0.29, 0.717) is 60.9 Å². The number of hydrogen-bond acceptors (Lipinski definition) is 8. The second kappa shape index (κ2) is 13.4. The average molecular weight is 524 g/mol. The van der Waals surface area contributed by atoms with E-state index < -0.39 is 0 Å². The number of aromatic nitrogens is 1. The van der Waals surface area contributed by atoms with Crippen LogP contribution in [0.2, 0.25) is 0 Å². The summed E-state index contributed by atoms with van der Waals surface area (Å²) >= 11 is 1.46. The summed E-state index contributed by atoms with van der Waals surface area (Å²) in [5.41, 5.74) is 1.27. The van der Waals surface area contributed by atoms with E-state index in [4.69, 9.17) is 23.9 Å². The lowest BCUT2D eigenvalue weighted by molar-refractivity contribution is 0.0984. The number of halogens is 1. The van der Waals surface area contributed by atoms with Crippen LogP contribution >= 0.6 is 23.7 Å². The number of hydrogen-bond donors (Lipinski definition) is 0. The van der Waals surface area contributed by atoms with E-state index in [1.54, 1.807) is 24.1 Å². The van der Waals surface area contributed by atoms with Crippen molar-refractivity contribution in [2.75, 3.05) is 59.0 Å². The fraction of sp³-hybridized carbons (Fsp3) is 0.440. The molecule has 1 amide bonds. The van der Waals surface area contributed by atoms with Crippen LogP contribution in [0.25, 0.3) is 10.2 Å². The molecular weight excluding hydrogens is 490 g/mol. The molecule has 2 aromatic carbocycles. The zero-order valence-corrected chi connectivity index (χ0v) is 22.8.